The van der Waals surface area contributed by atoms with Gasteiger partial charge in [-0.15, -0.1) is 0 Å². The second-order valence-electron chi connectivity index (χ2n) is 3.93. The van der Waals surface area contributed by atoms with E-state index in [0.717, 1.165) is 5.56 Å². The van der Waals surface area contributed by atoms with Gasteiger partial charge in [0, 0.05) is 11.9 Å². The molecule has 1 aromatic heterocycles. The van der Waals surface area contributed by atoms with Crippen LogP contribution < -0.4 is 10.6 Å². The number of nitrogens with zero attached hydrogens (tertiary/aromatic N) is 1. The first-order valence-electron chi connectivity index (χ1n) is 5.50. The molecule has 1 aromatic carbocycles. The summed E-state index contributed by atoms with van der Waals surface area (Å²) >= 11 is 11.7. The van der Waals surface area contributed by atoms with Crippen LogP contribution in [0.1, 0.15) is 13.0 Å². The van der Waals surface area contributed by atoms with Crippen LogP contribution in [-0.4, -0.2) is 11.0 Å². The SMILES string of the molecule is C.Cc1ccc(Cl)c(NC(=O)Nc2ccnc(Cl)c2)c1. The highest BCUT2D eigenvalue weighted by Gasteiger charge is 2.06. The molecule has 0 bridgehead atoms. The van der Waals surface area contributed by atoms with Gasteiger partial charge in [0.25, 0.3) is 0 Å². The van der Waals surface area contributed by atoms with Gasteiger partial charge in [0.15, 0.2) is 0 Å². The lowest BCUT2D eigenvalue weighted by Crippen LogP contribution is -2.19. The van der Waals surface area contributed by atoms with E-state index in [9.17, 15) is 4.79 Å². The first-order valence-corrected chi connectivity index (χ1v) is 6.26. The molecule has 0 fully saturated rings. The van der Waals surface area contributed by atoms with Gasteiger partial charge < -0.3 is 10.6 Å². The van der Waals surface area contributed by atoms with Gasteiger partial charge in [-0.2, -0.15) is 0 Å². The summed E-state index contributed by atoms with van der Waals surface area (Å²) < 4.78 is 0. The minimum absolute atomic E-state index is 0. The monoisotopic (exact) mass is 311 g/mol. The third-order valence-corrected chi connectivity index (χ3v) is 2.89. The van der Waals surface area contributed by atoms with E-state index in [0.29, 0.717) is 21.6 Å². The van der Waals surface area contributed by atoms with Crippen molar-refractivity contribution in [2.24, 2.45) is 0 Å². The highest BCUT2D eigenvalue weighted by Crippen LogP contribution is 2.23. The van der Waals surface area contributed by atoms with Crippen molar-refractivity contribution in [3.63, 3.8) is 0 Å². The summed E-state index contributed by atoms with van der Waals surface area (Å²) in [5.74, 6) is 0. The molecule has 0 saturated heterocycles. The summed E-state index contributed by atoms with van der Waals surface area (Å²) in [5, 5.41) is 6.11. The van der Waals surface area contributed by atoms with Gasteiger partial charge in [0.2, 0.25) is 0 Å². The number of amides is 2. The summed E-state index contributed by atoms with van der Waals surface area (Å²) in [5.41, 5.74) is 2.12. The van der Waals surface area contributed by atoms with Gasteiger partial charge in [0.1, 0.15) is 5.15 Å². The van der Waals surface area contributed by atoms with E-state index in [1.807, 2.05) is 13.0 Å². The Morgan fingerprint density at radius 2 is 1.90 bits per heavy atom. The van der Waals surface area contributed by atoms with Crippen LogP contribution in [-0.2, 0) is 0 Å². The molecule has 0 aliphatic heterocycles. The summed E-state index contributed by atoms with van der Waals surface area (Å²) in [6.45, 7) is 1.92. The van der Waals surface area contributed by atoms with Crippen molar-refractivity contribution in [1.82, 2.24) is 4.98 Å². The smallest absolute Gasteiger partial charge is 0.308 e. The molecule has 1 heterocycles. The molecule has 0 aliphatic rings. The van der Waals surface area contributed by atoms with Gasteiger partial charge >= 0.3 is 6.03 Å². The quantitative estimate of drug-likeness (QED) is 0.769. The number of rotatable bonds is 2. The first-order chi connectivity index (χ1) is 9.04. The van der Waals surface area contributed by atoms with Gasteiger partial charge in [-0.3, -0.25) is 0 Å². The summed E-state index contributed by atoms with van der Waals surface area (Å²) in [7, 11) is 0. The van der Waals surface area contributed by atoms with Crippen LogP contribution in [0.2, 0.25) is 10.2 Å². The zero-order valence-corrected chi connectivity index (χ0v) is 11.6. The zero-order chi connectivity index (χ0) is 13.8. The molecule has 2 aromatic rings. The number of benzene rings is 1. The average molecular weight is 312 g/mol. The first kappa shape index (κ1) is 16.3. The van der Waals surface area contributed by atoms with Gasteiger partial charge in [0.05, 0.1) is 10.7 Å². The molecule has 2 amide bonds. The van der Waals surface area contributed by atoms with Crippen LogP contribution >= 0.6 is 23.2 Å². The fourth-order valence-corrected chi connectivity index (χ4v) is 1.84. The Morgan fingerprint density at radius 1 is 1.15 bits per heavy atom. The van der Waals surface area contributed by atoms with E-state index in [4.69, 9.17) is 23.2 Å². The molecule has 0 unspecified atom stereocenters. The Hall–Kier alpha value is -1.78. The second kappa shape index (κ2) is 7.12. The van der Waals surface area contributed by atoms with Crippen molar-refractivity contribution < 1.29 is 4.79 Å². The minimum atomic E-state index is -0.394. The van der Waals surface area contributed by atoms with Gasteiger partial charge in [-0.25, -0.2) is 9.78 Å². The maximum Gasteiger partial charge on any atom is 0.323 e. The Labute approximate surface area is 128 Å². The molecule has 0 spiro atoms. The number of carbonyl (C=O) groups is 1. The molecule has 106 valence electrons. The number of urea groups is 1. The summed E-state index contributed by atoms with van der Waals surface area (Å²) in [6, 6.07) is 8.20. The summed E-state index contributed by atoms with van der Waals surface area (Å²) in [4.78, 5) is 15.6. The van der Waals surface area contributed by atoms with Crippen molar-refractivity contribution >= 4 is 40.6 Å². The maximum absolute atomic E-state index is 11.8. The second-order valence-corrected chi connectivity index (χ2v) is 4.72. The van der Waals surface area contributed by atoms with Crippen LogP contribution in [0.15, 0.2) is 36.5 Å². The molecule has 4 nitrogen and oxygen atoms in total. The molecule has 0 aliphatic carbocycles. The Morgan fingerprint density at radius 3 is 2.60 bits per heavy atom. The molecule has 0 radical (unpaired) electrons. The van der Waals surface area contributed by atoms with Gasteiger partial charge in [-0.1, -0.05) is 36.7 Å². The normalized spacial score (nSPS) is 9.55. The van der Waals surface area contributed by atoms with E-state index in [-0.39, 0.29) is 7.43 Å². The topological polar surface area (TPSA) is 54.0 Å². The number of aryl methyl sites for hydroxylation is 1. The Kier molecular flexibility index (Phi) is 5.80. The van der Waals surface area contributed by atoms with Crippen LogP contribution in [0.4, 0.5) is 16.2 Å². The predicted molar refractivity (Wildman–Crippen MR) is 84.8 cm³/mol. The highest BCUT2D eigenvalue weighted by atomic mass is 35.5. The molecule has 0 atom stereocenters. The van der Waals surface area contributed by atoms with Crippen molar-refractivity contribution in [2.75, 3.05) is 10.6 Å². The van der Waals surface area contributed by atoms with Gasteiger partial charge in [-0.05, 0) is 36.8 Å². The fraction of sp³-hybridized carbons (Fsp3) is 0.143. The molecule has 20 heavy (non-hydrogen) atoms. The van der Waals surface area contributed by atoms with E-state index in [2.05, 4.69) is 15.6 Å². The van der Waals surface area contributed by atoms with Crippen molar-refractivity contribution in [3.05, 3.63) is 52.3 Å². The lowest BCUT2D eigenvalue weighted by Gasteiger charge is -2.09. The molecular formula is C14H15Cl2N3O. The van der Waals surface area contributed by atoms with E-state index >= 15 is 0 Å². The summed E-state index contributed by atoms with van der Waals surface area (Å²) in [6.07, 6.45) is 1.51. The standard InChI is InChI=1S/C13H11Cl2N3O.CH4/c1-8-2-3-10(14)11(6-8)18-13(19)17-9-4-5-16-12(15)7-9;/h2-7H,1H3,(H2,16,17,18,19);1H4. The predicted octanol–water partition coefficient (Wildman–Crippen LogP) is 4.98. The number of halogens is 2. The number of hydrogen-bond donors (Lipinski definition) is 2. The van der Waals surface area contributed by atoms with Crippen molar-refractivity contribution in [2.45, 2.75) is 14.4 Å². The largest absolute Gasteiger partial charge is 0.323 e. The number of hydrogen-bond acceptors (Lipinski definition) is 2. The lowest BCUT2D eigenvalue weighted by atomic mass is 10.2. The average Bonchev–Trinajstić information content (AvgIpc) is 2.34. The maximum atomic E-state index is 11.8. The third-order valence-electron chi connectivity index (χ3n) is 2.35. The van der Waals surface area contributed by atoms with Crippen molar-refractivity contribution in [1.29, 1.82) is 0 Å². The highest BCUT2D eigenvalue weighted by molar-refractivity contribution is 6.33. The van der Waals surface area contributed by atoms with E-state index < -0.39 is 6.03 Å². The lowest BCUT2D eigenvalue weighted by molar-refractivity contribution is 0.262. The minimum Gasteiger partial charge on any atom is -0.308 e. The molecular weight excluding hydrogens is 297 g/mol. The molecule has 0 saturated carbocycles. The number of nitrogens with one attached hydrogen (secondary N) is 2. The Bertz CT molecular complexity index is 617. The van der Waals surface area contributed by atoms with E-state index in [1.165, 1.54) is 6.20 Å². The zero-order valence-electron chi connectivity index (χ0n) is 10.1. The van der Waals surface area contributed by atoms with Crippen LogP contribution in [0, 0.1) is 6.92 Å². The fourth-order valence-electron chi connectivity index (χ4n) is 1.50. The van der Waals surface area contributed by atoms with E-state index in [1.54, 1.807) is 24.3 Å². The number of anilines is 2. The van der Waals surface area contributed by atoms with Crippen LogP contribution in [0.5, 0.6) is 0 Å². The molecule has 2 N–H and O–H groups in total. The number of carbonyl (C=O) groups excluding carboxylic acids is 1. The van der Waals surface area contributed by atoms with Crippen LogP contribution in [0.3, 0.4) is 0 Å². The molecule has 6 heteroatoms. The molecule has 2 rings (SSSR count). The number of pyridine rings is 1. The van der Waals surface area contributed by atoms with Crippen molar-refractivity contribution in [3.8, 4) is 0 Å². The third kappa shape index (κ3) is 4.40. The van der Waals surface area contributed by atoms with Crippen LogP contribution in [0.25, 0.3) is 0 Å². The Balaban J connectivity index is 0.00000200. The number of aromatic nitrogens is 1.